The van der Waals surface area contributed by atoms with Crippen LogP contribution in [0.15, 0.2) is 124 Å². The maximum atomic E-state index is 15.5. The summed E-state index contributed by atoms with van der Waals surface area (Å²) in [6.07, 6.45) is -5.43. The number of ether oxygens (including phenoxy) is 4. The third-order valence-corrected chi connectivity index (χ3v) is 13.4. The van der Waals surface area contributed by atoms with Crippen molar-refractivity contribution in [3.05, 3.63) is 167 Å². The van der Waals surface area contributed by atoms with Gasteiger partial charge in [-0.2, -0.15) is 8.42 Å². The second kappa shape index (κ2) is 30.1. The van der Waals surface area contributed by atoms with E-state index in [0.29, 0.717) is 32.3 Å². The molecule has 0 N–H and O–H groups in total. The molecular weight excluding hydrogens is 1120 g/mol. The summed E-state index contributed by atoms with van der Waals surface area (Å²) in [7, 11) is -2.05. The number of hydrogen-bond acceptors (Lipinski definition) is 11. The molecule has 0 aromatic heterocycles. The Morgan fingerprint density at radius 2 is 0.912 bits per heavy atom. The van der Waals surface area contributed by atoms with E-state index in [1.807, 2.05) is 24.3 Å². The van der Waals surface area contributed by atoms with E-state index >= 15 is 4.39 Å². The van der Waals surface area contributed by atoms with Gasteiger partial charge in [0.15, 0.2) is 12.3 Å². The summed E-state index contributed by atoms with van der Waals surface area (Å²) in [5.74, 6) is 0. The SMILES string of the molecule is CON=C[C@@H](F)[C@H](OCc1ccc(Cl)cc1)[C@@H](Br)COCc1ccc(Cl)cc1.CON=C[C@@H](F)[C@H](OCc1ccc(Cl)cc1)[C@@H](COCc1ccc(Cl)cc1)OS(=O)(=O)c1cc(Cl)c(Cl)cc1Cl. The molecule has 68 heavy (non-hydrogen) atoms. The lowest BCUT2D eigenvalue weighted by Gasteiger charge is -2.28. The van der Waals surface area contributed by atoms with Gasteiger partial charge in [0.25, 0.3) is 10.1 Å². The molecule has 368 valence electrons. The first-order valence-electron chi connectivity index (χ1n) is 20.0. The van der Waals surface area contributed by atoms with E-state index in [4.69, 9.17) is 104 Å². The van der Waals surface area contributed by atoms with Gasteiger partial charge < -0.3 is 28.6 Å². The van der Waals surface area contributed by atoms with E-state index in [1.54, 1.807) is 72.8 Å². The highest BCUT2D eigenvalue weighted by atomic mass is 79.9. The second-order valence-electron chi connectivity index (χ2n) is 14.2. The van der Waals surface area contributed by atoms with Crippen molar-refractivity contribution in [3.8, 4) is 0 Å². The van der Waals surface area contributed by atoms with Crippen LogP contribution >= 0.6 is 97.1 Å². The van der Waals surface area contributed by atoms with Crippen LogP contribution in [0.5, 0.6) is 0 Å². The van der Waals surface area contributed by atoms with Gasteiger partial charge in [0, 0.05) is 20.1 Å². The fourth-order valence-corrected chi connectivity index (χ4v) is 8.86. The molecule has 5 rings (SSSR count). The average Bonchev–Trinajstić information content (AvgIpc) is 3.31. The summed E-state index contributed by atoms with van der Waals surface area (Å²) in [6, 6.07) is 30.1. The molecule has 0 saturated carbocycles. The summed E-state index contributed by atoms with van der Waals surface area (Å²) in [5, 5.41) is 9.01. The molecule has 11 nitrogen and oxygen atoms in total. The van der Waals surface area contributed by atoms with Crippen molar-refractivity contribution in [2.75, 3.05) is 27.4 Å². The van der Waals surface area contributed by atoms with Crippen molar-refractivity contribution in [2.45, 2.75) is 66.8 Å². The van der Waals surface area contributed by atoms with Gasteiger partial charge in [0.2, 0.25) is 0 Å². The Labute approximate surface area is 437 Å². The van der Waals surface area contributed by atoms with Crippen LogP contribution in [0.2, 0.25) is 35.2 Å². The summed E-state index contributed by atoms with van der Waals surface area (Å²) < 4.78 is 85.2. The molecule has 0 spiro atoms. The van der Waals surface area contributed by atoms with Gasteiger partial charge >= 0.3 is 0 Å². The zero-order valence-corrected chi connectivity index (χ0v) is 43.7. The predicted octanol–water partition coefficient (Wildman–Crippen LogP) is 13.6. The number of nitrogens with zero attached hydrogens (tertiary/aromatic N) is 2. The molecule has 0 radical (unpaired) electrons. The first-order valence-corrected chi connectivity index (χ1v) is 25.0. The number of rotatable bonds is 25. The Balaban J connectivity index is 0.000000316. The molecule has 0 saturated heterocycles. The molecule has 0 aliphatic carbocycles. The Hall–Kier alpha value is -2.84. The van der Waals surface area contributed by atoms with Crippen LogP contribution in [-0.2, 0) is 69.4 Å². The van der Waals surface area contributed by atoms with E-state index in [2.05, 4.69) is 35.9 Å². The minimum absolute atomic E-state index is 0.0391. The second-order valence-corrected chi connectivity index (χ2v) is 19.8. The largest absolute Gasteiger partial charge is 0.399 e. The lowest BCUT2D eigenvalue weighted by atomic mass is 10.1. The first kappa shape index (κ1) is 57.7. The van der Waals surface area contributed by atoms with Crippen LogP contribution in [-0.4, -0.2) is 83.8 Å². The highest BCUT2D eigenvalue weighted by Gasteiger charge is 2.37. The number of alkyl halides is 3. The predicted molar refractivity (Wildman–Crippen MR) is 269 cm³/mol. The lowest BCUT2D eigenvalue weighted by molar-refractivity contribution is -0.0854. The van der Waals surface area contributed by atoms with Crippen molar-refractivity contribution in [3.63, 3.8) is 0 Å². The Morgan fingerprint density at radius 3 is 1.34 bits per heavy atom. The number of benzene rings is 5. The average molecular weight is 1170 g/mol. The molecule has 0 bridgehead atoms. The third kappa shape index (κ3) is 20.1. The van der Waals surface area contributed by atoms with Crippen molar-refractivity contribution < 1.29 is 50.0 Å². The lowest BCUT2D eigenvalue weighted by Crippen LogP contribution is -2.44. The topological polar surface area (TPSA) is 123 Å². The maximum Gasteiger partial charge on any atom is 0.298 e. The molecule has 22 heteroatoms. The zero-order valence-electron chi connectivity index (χ0n) is 36.0. The number of oxime groups is 2. The first-order chi connectivity index (χ1) is 32.5. The molecule has 0 amide bonds. The van der Waals surface area contributed by atoms with Gasteiger partial charge in [-0.1, -0.05) is 156 Å². The molecule has 0 unspecified atom stereocenters. The van der Waals surface area contributed by atoms with Crippen molar-refractivity contribution in [1.82, 2.24) is 0 Å². The third-order valence-electron chi connectivity index (χ3n) is 9.10. The summed E-state index contributed by atoms with van der Waals surface area (Å²) >= 11 is 45.2. The molecular formula is C46H44BrCl7F2N2O9S. The number of hydrogen-bond donors (Lipinski definition) is 0. The highest BCUT2D eigenvalue weighted by Crippen LogP contribution is 2.34. The van der Waals surface area contributed by atoms with Crippen molar-refractivity contribution >= 4 is 120 Å². The van der Waals surface area contributed by atoms with Crippen LogP contribution in [0.3, 0.4) is 0 Å². The minimum atomic E-state index is -4.63. The molecule has 5 aromatic carbocycles. The highest BCUT2D eigenvalue weighted by molar-refractivity contribution is 9.09. The maximum absolute atomic E-state index is 15.5. The fraction of sp³-hybridized carbons (Fsp3) is 0.304. The molecule has 0 aliphatic heterocycles. The van der Waals surface area contributed by atoms with Gasteiger partial charge in [-0.3, -0.25) is 4.18 Å². The van der Waals surface area contributed by atoms with E-state index in [-0.39, 0.29) is 41.5 Å². The van der Waals surface area contributed by atoms with Gasteiger partial charge in [-0.05, 0) is 82.9 Å². The van der Waals surface area contributed by atoms with Gasteiger partial charge in [-0.25, -0.2) is 8.78 Å². The van der Waals surface area contributed by atoms with Crippen molar-refractivity contribution in [1.29, 1.82) is 0 Å². The van der Waals surface area contributed by atoms with Crippen LogP contribution < -0.4 is 0 Å². The quantitative estimate of drug-likeness (QED) is 0.0185. The smallest absolute Gasteiger partial charge is 0.298 e. The Kier molecular flexibility index (Phi) is 25.6. The van der Waals surface area contributed by atoms with E-state index in [9.17, 15) is 12.8 Å². The van der Waals surface area contributed by atoms with E-state index in [0.717, 1.165) is 41.3 Å². The molecule has 0 heterocycles. The van der Waals surface area contributed by atoms with E-state index in [1.165, 1.54) is 14.2 Å². The van der Waals surface area contributed by atoms with Crippen LogP contribution in [0, 0.1) is 0 Å². The molecule has 5 aromatic rings. The van der Waals surface area contributed by atoms with Crippen LogP contribution in [0.4, 0.5) is 8.78 Å². The standard InChI is InChI=1S/C26H23Cl5FNO6S.C20H21BrCl2FNO3/c1-36-33-12-23(32)26(38-14-17-4-8-19(28)9-5-17)24(15-37-13-16-2-6-18(27)7-3-16)39-40(34,35)25-11-21(30)20(29)10-22(25)31;1-26-25-10-19(24)20(28-12-15-4-8-17(23)9-5-15)18(21)13-27-11-14-2-6-16(22)7-3-14/h2-12,23-24,26H,13-15H2,1H3;2-10,18-20H,11-13H2,1H3/t23-,24-,26+;18-,19+,20+/m10/s1. The van der Waals surface area contributed by atoms with Gasteiger partial charge in [-0.15, -0.1) is 0 Å². The van der Waals surface area contributed by atoms with Crippen LogP contribution in [0.1, 0.15) is 22.3 Å². The molecule has 0 fully saturated rings. The Morgan fingerprint density at radius 1 is 0.544 bits per heavy atom. The van der Waals surface area contributed by atoms with Gasteiger partial charge in [0.1, 0.15) is 37.4 Å². The summed E-state index contributed by atoms with van der Waals surface area (Å²) in [6.45, 7) is 0.364. The normalized spacial score (nSPS) is 14.5. The number of halogens is 10. The Bertz CT molecular complexity index is 2450. The summed E-state index contributed by atoms with van der Waals surface area (Å²) in [5.41, 5.74) is 3.23. The molecule has 6 atom stereocenters. The zero-order chi connectivity index (χ0) is 49.6. The van der Waals surface area contributed by atoms with Crippen LogP contribution in [0.25, 0.3) is 0 Å². The van der Waals surface area contributed by atoms with Gasteiger partial charge in [0.05, 0.1) is 72.0 Å². The summed E-state index contributed by atoms with van der Waals surface area (Å²) in [4.78, 5) is 8.29. The fourth-order valence-electron chi connectivity index (χ4n) is 5.68. The molecule has 0 aliphatic rings. The van der Waals surface area contributed by atoms with Crippen molar-refractivity contribution in [2.24, 2.45) is 10.3 Å². The van der Waals surface area contributed by atoms with E-state index < -0.39 is 57.1 Å². The monoisotopic (exact) mass is 1160 g/mol. The minimum Gasteiger partial charge on any atom is -0.399 e.